The average molecular weight is 435 g/mol. The molecule has 1 unspecified atom stereocenters. The average Bonchev–Trinajstić information content (AvgIpc) is 3.37. The van der Waals surface area contributed by atoms with Crippen molar-refractivity contribution in [3.05, 3.63) is 34.6 Å². The summed E-state index contributed by atoms with van der Waals surface area (Å²) in [6.07, 6.45) is 1.00. The van der Waals surface area contributed by atoms with Crippen molar-refractivity contribution in [3.63, 3.8) is 0 Å². The molecule has 0 bridgehead atoms. The predicted octanol–water partition coefficient (Wildman–Crippen LogP) is 2.08. The molecule has 0 radical (unpaired) electrons. The van der Waals surface area contributed by atoms with Gasteiger partial charge in [0, 0.05) is 25.7 Å². The minimum Gasteiger partial charge on any atom is -0.378 e. The molecule has 2 saturated heterocycles. The molecule has 1 atom stereocenters. The molecule has 0 saturated carbocycles. The molecule has 3 N–H and O–H groups in total. The van der Waals surface area contributed by atoms with E-state index in [1.807, 2.05) is 24.3 Å². The molecule has 154 valence electrons. The quantitative estimate of drug-likeness (QED) is 0.578. The van der Waals surface area contributed by atoms with Gasteiger partial charge in [-0.2, -0.15) is 4.98 Å². The number of hydrogen-bond acceptors (Lipinski definition) is 8. The van der Waals surface area contributed by atoms with Crippen molar-refractivity contribution in [2.24, 2.45) is 0 Å². The first kappa shape index (κ1) is 20.1. The number of morpholine rings is 1. The number of rotatable bonds is 4. The molecule has 2 aromatic heterocycles. The maximum absolute atomic E-state index is 13.1. The molecule has 1 aromatic carbocycles. The zero-order valence-corrected chi connectivity index (χ0v) is 17.4. The van der Waals surface area contributed by atoms with Gasteiger partial charge in [0.25, 0.3) is 5.56 Å². The summed E-state index contributed by atoms with van der Waals surface area (Å²) >= 11 is 1.52. The normalized spacial score (nSPS) is 19.3. The van der Waals surface area contributed by atoms with Crippen LogP contribution in [-0.2, 0) is 4.74 Å². The van der Waals surface area contributed by atoms with Crippen LogP contribution >= 0.6 is 23.7 Å². The second kappa shape index (κ2) is 8.66. The summed E-state index contributed by atoms with van der Waals surface area (Å²) in [5, 5.41) is 7.53. The maximum atomic E-state index is 13.1. The summed E-state index contributed by atoms with van der Waals surface area (Å²) in [5.41, 5.74) is 1.25. The number of aromatic amines is 1. The lowest BCUT2D eigenvalue weighted by molar-refractivity contribution is 0.122. The van der Waals surface area contributed by atoms with Crippen LogP contribution in [0.25, 0.3) is 20.8 Å². The SMILES string of the molecule is Cl.O=c1[nH]c(N2CCOCC2)nc(NC2CCNC2)c1-c1nc2ccccc2s1. The zero-order chi connectivity index (χ0) is 18.9. The highest BCUT2D eigenvalue weighted by molar-refractivity contribution is 7.21. The number of H-pyrrole nitrogens is 1. The first-order valence-electron chi connectivity index (χ1n) is 9.58. The van der Waals surface area contributed by atoms with E-state index in [2.05, 4.69) is 20.5 Å². The van der Waals surface area contributed by atoms with E-state index in [1.165, 1.54) is 11.3 Å². The minimum atomic E-state index is -0.163. The number of thiazole rings is 1. The van der Waals surface area contributed by atoms with Crippen molar-refractivity contribution in [1.82, 2.24) is 20.3 Å². The van der Waals surface area contributed by atoms with Gasteiger partial charge in [-0.1, -0.05) is 12.1 Å². The molecule has 4 heterocycles. The van der Waals surface area contributed by atoms with Crippen molar-refractivity contribution in [2.45, 2.75) is 12.5 Å². The highest BCUT2D eigenvalue weighted by Gasteiger charge is 2.24. The van der Waals surface area contributed by atoms with Gasteiger partial charge in [0.2, 0.25) is 5.95 Å². The van der Waals surface area contributed by atoms with E-state index in [-0.39, 0.29) is 24.0 Å². The Hall–Kier alpha value is -2.20. The second-order valence-electron chi connectivity index (χ2n) is 7.03. The molecule has 2 aliphatic heterocycles. The third kappa shape index (κ3) is 4.09. The Morgan fingerprint density at radius 3 is 2.79 bits per heavy atom. The van der Waals surface area contributed by atoms with E-state index in [1.54, 1.807) is 0 Å². The van der Waals surface area contributed by atoms with E-state index in [4.69, 9.17) is 14.7 Å². The van der Waals surface area contributed by atoms with E-state index in [9.17, 15) is 4.79 Å². The van der Waals surface area contributed by atoms with Gasteiger partial charge in [-0.15, -0.1) is 23.7 Å². The Kier molecular flexibility index (Phi) is 6.00. The molecule has 2 aliphatic rings. The van der Waals surface area contributed by atoms with Crippen LogP contribution in [0.3, 0.4) is 0 Å². The summed E-state index contributed by atoms with van der Waals surface area (Å²) < 4.78 is 6.48. The van der Waals surface area contributed by atoms with Crippen molar-refractivity contribution in [2.75, 3.05) is 49.6 Å². The number of para-hydroxylation sites is 1. The van der Waals surface area contributed by atoms with E-state index in [0.717, 1.165) is 29.7 Å². The van der Waals surface area contributed by atoms with Crippen LogP contribution in [0.5, 0.6) is 0 Å². The van der Waals surface area contributed by atoms with Crippen molar-refractivity contribution in [3.8, 4) is 10.6 Å². The molecule has 0 amide bonds. The molecule has 3 aromatic rings. The maximum Gasteiger partial charge on any atom is 0.264 e. The number of ether oxygens (including phenoxy) is 1. The third-order valence-electron chi connectivity index (χ3n) is 5.13. The molecule has 10 heteroatoms. The molecule has 29 heavy (non-hydrogen) atoms. The van der Waals surface area contributed by atoms with Crippen molar-refractivity contribution in [1.29, 1.82) is 0 Å². The van der Waals surface area contributed by atoms with Gasteiger partial charge in [-0.05, 0) is 25.1 Å². The number of aromatic nitrogens is 3. The van der Waals surface area contributed by atoms with Crippen LogP contribution in [0.2, 0.25) is 0 Å². The summed E-state index contributed by atoms with van der Waals surface area (Å²) in [6.45, 7) is 4.53. The standard InChI is InChI=1S/C19H22N6O2S.ClH/c26-17-15(18-22-13-3-1-2-4-14(13)28-18)16(21-12-5-6-20-11-12)23-19(24-17)25-7-9-27-10-8-25;/h1-4,12,20H,5-11H2,(H2,21,23,24,26);1H. The second-order valence-corrected chi connectivity index (χ2v) is 8.06. The molecular weight excluding hydrogens is 412 g/mol. The summed E-state index contributed by atoms with van der Waals surface area (Å²) in [7, 11) is 0. The molecule has 8 nitrogen and oxygen atoms in total. The Morgan fingerprint density at radius 1 is 1.21 bits per heavy atom. The largest absolute Gasteiger partial charge is 0.378 e. The number of nitrogens with one attached hydrogen (secondary N) is 3. The fourth-order valence-corrected chi connectivity index (χ4v) is 4.65. The van der Waals surface area contributed by atoms with E-state index in [0.29, 0.717) is 48.6 Å². The van der Waals surface area contributed by atoms with Crippen LogP contribution in [0.1, 0.15) is 6.42 Å². The van der Waals surface area contributed by atoms with E-state index >= 15 is 0 Å². The van der Waals surface area contributed by atoms with Crippen molar-refractivity contribution < 1.29 is 4.74 Å². The van der Waals surface area contributed by atoms with Gasteiger partial charge in [0.15, 0.2) is 0 Å². The smallest absolute Gasteiger partial charge is 0.264 e. The number of benzene rings is 1. The molecule has 5 rings (SSSR count). The number of nitrogens with zero attached hydrogens (tertiary/aromatic N) is 3. The Labute approximate surface area is 178 Å². The first-order chi connectivity index (χ1) is 13.8. The fourth-order valence-electron chi connectivity index (χ4n) is 3.64. The van der Waals surface area contributed by atoms with Gasteiger partial charge in [-0.25, -0.2) is 4.98 Å². The summed E-state index contributed by atoms with van der Waals surface area (Å²) in [5.74, 6) is 1.20. The number of anilines is 2. The Bertz CT molecular complexity index is 1010. The first-order valence-corrected chi connectivity index (χ1v) is 10.4. The lowest BCUT2D eigenvalue weighted by atomic mass is 10.2. The Morgan fingerprint density at radius 2 is 2.03 bits per heavy atom. The van der Waals surface area contributed by atoms with E-state index < -0.39 is 0 Å². The van der Waals surface area contributed by atoms with Gasteiger partial charge >= 0.3 is 0 Å². The van der Waals surface area contributed by atoms with Gasteiger partial charge < -0.3 is 20.3 Å². The topological polar surface area (TPSA) is 95.2 Å². The van der Waals surface area contributed by atoms with Crippen LogP contribution in [0, 0.1) is 0 Å². The van der Waals surface area contributed by atoms with Gasteiger partial charge in [-0.3, -0.25) is 9.78 Å². The number of fused-ring (bicyclic) bond motifs is 1. The molecular formula is C19H23ClN6O2S. The zero-order valence-electron chi connectivity index (χ0n) is 15.8. The number of halogens is 1. The highest BCUT2D eigenvalue weighted by atomic mass is 35.5. The van der Waals surface area contributed by atoms with Crippen LogP contribution < -0.4 is 21.1 Å². The highest BCUT2D eigenvalue weighted by Crippen LogP contribution is 2.32. The molecule has 2 fully saturated rings. The lowest BCUT2D eigenvalue weighted by Crippen LogP contribution is -2.38. The number of hydrogen-bond donors (Lipinski definition) is 3. The third-order valence-corrected chi connectivity index (χ3v) is 6.18. The van der Waals surface area contributed by atoms with Crippen LogP contribution in [-0.4, -0.2) is 60.4 Å². The predicted molar refractivity (Wildman–Crippen MR) is 119 cm³/mol. The van der Waals surface area contributed by atoms with Gasteiger partial charge in [0.05, 0.1) is 23.4 Å². The van der Waals surface area contributed by atoms with Crippen LogP contribution in [0.15, 0.2) is 29.1 Å². The van der Waals surface area contributed by atoms with Crippen LogP contribution in [0.4, 0.5) is 11.8 Å². The molecule has 0 aliphatic carbocycles. The summed E-state index contributed by atoms with van der Waals surface area (Å²) in [4.78, 5) is 27.6. The van der Waals surface area contributed by atoms with Gasteiger partial charge in [0.1, 0.15) is 16.4 Å². The summed E-state index contributed by atoms with van der Waals surface area (Å²) in [6, 6.07) is 8.18. The lowest BCUT2D eigenvalue weighted by Gasteiger charge is -2.28. The minimum absolute atomic E-state index is 0. The monoisotopic (exact) mass is 434 g/mol. The molecule has 0 spiro atoms. The van der Waals surface area contributed by atoms with Crippen molar-refractivity contribution >= 4 is 45.7 Å². The fraction of sp³-hybridized carbons (Fsp3) is 0.421. The Balaban J connectivity index is 0.00000205.